The predicted molar refractivity (Wildman–Crippen MR) is 36.0 cm³/mol. The molecule has 0 aromatic heterocycles. The van der Waals surface area contributed by atoms with E-state index in [2.05, 4.69) is 0 Å². The Morgan fingerprint density at radius 3 is 2.38 bits per heavy atom. The van der Waals surface area contributed by atoms with Gasteiger partial charge in [-0.15, -0.1) is 0 Å². The van der Waals surface area contributed by atoms with Crippen LogP contribution in [0.2, 0.25) is 0 Å². The third-order valence-electron chi connectivity index (χ3n) is 1.18. The number of nitrogens with one attached hydrogen (secondary N) is 2. The Labute approximate surface area is 49.9 Å². The SMILES string of the molecule is CCC(=N)C(C)C=N. The summed E-state index contributed by atoms with van der Waals surface area (Å²) < 4.78 is 0. The van der Waals surface area contributed by atoms with E-state index in [0.29, 0.717) is 5.71 Å². The Kier molecular flexibility index (Phi) is 3.08. The highest BCUT2D eigenvalue weighted by atomic mass is 14.4. The van der Waals surface area contributed by atoms with Gasteiger partial charge in [0.05, 0.1) is 0 Å². The molecule has 0 aromatic rings. The lowest BCUT2D eigenvalue weighted by Crippen LogP contribution is -2.08. The zero-order chi connectivity index (χ0) is 6.57. The third kappa shape index (κ3) is 1.87. The summed E-state index contributed by atoms with van der Waals surface area (Å²) in [5.41, 5.74) is 0.639. The first-order chi connectivity index (χ1) is 3.72. The smallest absolute Gasteiger partial charge is 0.0285 e. The van der Waals surface area contributed by atoms with E-state index in [-0.39, 0.29) is 5.92 Å². The van der Waals surface area contributed by atoms with Crippen molar-refractivity contribution in [3.63, 3.8) is 0 Å². The summed E-state index contributed by atoms with van der Waals surface area (Å²) >= 11 is 0. The van der Waals surface area contributed by atoms with Gasteiger partial charge in [-0.1, -0.05) is 13.8 Å². The summed E-state index contributed by atoms with van der Waals surface area (Å²) in [5.74, 6) is 0.0417. The lowest BCUT2D eigenvalue weighted by atomic mass is 10.1. The van der Waals surface area contributed by atoms with E-state index in [1.807, 2.05) is 13.8 Å². The maximum absolute atomic E-state index is 7.19. The quantitative estimate of drug-likeness (QED) is 0.522. The van der Waals surface area contributed by atoms with E-state index in [1.54, 1.807) is 0 Å². The first kappa shape index (κ1) is 7.34. The molecule has 46 valence electrons. The Morgan fingerprint density at radius 2 is 2.25 bits per heavy atom. The van der Waals surface area contributed by atoms with Crippen molar-refractivity contribution in [1.82, 2.24) is 0 Å². The average molecular weight is 112 g/mol. The second-order valence-corrected chi connectivity index (χ2v) is 1.83. The molecule has 0 aliphatic carbocycles. The third-order valence-corrected chi connectivity index (χ3v) is 1.18. The Hall–Kier alpha value is -0.660. The van der Waals surface area contributed by atoms with E-state index in [4.69, 9.17) is 10.8 Å². The number of hydrogen-bond donors (Lipinski definition) is 2. The Balaban J connectivity index is 3.62. The van der Waals surface area contributed by atoms with Crippen LogP contribution in [0.4, 0.5) is 0 Å². The standard InChI is InChI=1S/C6H12N2/c1-3-6(8)5(2)4-7/h4-5,7-8H,3H2,1-2H3. The van der Waals surface area contributed by atoms with Crippen LogP contribution in [0.25, 0.3) is 0 Å². The Morgan fingerprint density at radius 1 is 1.75 bits per heavy atom. The lowest BCUT2D eigenvalue weighted by Gasteiger charge is -2.01. The molecular formula is C6H12N2. The predicted octanol–water partition coefficient (Wildman–Crippen LogP) is 1.70. The molecule has 0 rings (SSSR count). The lowest BCUT2D eigenvalue weighted by molar-refractivity contribution is 1.00. The van der Waals surface area contributed by atoms with Gasteiger partial charge in [-0.2, -0.15) is 0 Å². The minimum atomic E-state index is 0.0417. The van der Waals surface area contributed by atoms with Gasteiger partial charge in [0.2, 0.25) is 0 Å². The van der Waals surface area contributed by atoms with Gasteiger partial charge in [0.25, 0.3) is 0 Å². The minimum Gasteiger partial charge on any atom is -0.312 e. The van der Waals surface area contributed by atoms with Crippen molar-refractivity contribution >= 4 is 11.9 Å². The highest BCUT2D eigenvalue weighted by Crippen LogP contribution is 1.95. The molecular weight excluding hydrogens is 100 g/mol. The van der Waals surface area contributed by atoms with Crippen molar-refractivity contribution in [2.75, 3.05) is 0 Å². The molecule has 2 heteroatoms. The fraction of sp³-hybridized carbons (Fsp3) is 0.667. The molecule has 8 heavy (non-hydrogen) atoms. The highest BCUT2D eigenvalue weighted by molar-refractivity contribution is 5.95. The largest absolute Gasteiger partial charge is 0.312 e. The van der Waals surface area contributed by atoms with Gasteiger partial charge in [0.1, 0.15) is 0 Å². The molecule has 0 bridgehead atoms. The zero-order valence-corrected chi connectivity index (χ0v) is 5.36. The summed E-state index contributed by atoms with van der Waals surface area (Å²) in [6, 6.07) is 0. The second kappa shape index (κ2) is 3.36. The normalized spacial score (nSPS) is 12.8. The van der Waals surface area contributed by atoms with Crippen molar-refractivity contribution in [3.8, 4) is 0 Å². The van der Waals surface area contributed by atoms with Crippen molar-refractivity contribution in [2.24, 2.45) is 5.92 Å². The van der Waals surface area contributed by atoms with Crippen LogP contribution in [0.1, 0.15) is 20.3 Å². The summed E-state index contributed by atoms with van der Waals surface area (Å²) in [5, 5.41) is 14.0. The zero-order valence-electron chi connectivity index (χ0n) is 5.36. The van der Waals surface area contributed by atoms with Crippen LogP contribution in [0.15, 0.2) is 0 Å². The molecule has 0 amide bonds. The molecule has 0 saturated carbocycles. The van der Waals surface area contributed by atoms with Crippen LogP contribution in [0.3, 0.4) is 0 Å². The maximum Gasteiger partial charge on any atom is 0.0285 e. The summed E-state index contributed by atoms with van der Waals surface area (Å²) in [4.78, 5) is 0. The summed E-state index contributed by atoms with van der Waals surface area (Å²) in [7, 11) is 0. The van der Waals surface area contributed by atoms with Crippen LogP contribution in [-0.4, -0.2) is 11.9 Å². The van der Waals surface area contributed by atoms with Crippen molar-refractivity contribution in [2.45, 2.75) is 20.3 Å². The molecule has 0 aromatic carbocycles. The Bertz CT molecular complexity index is 96.7. The van der Waals surface area contributed by atoms with E-state index >= 15 is 0 Å². The fourth-order valence-corrected chi connectivity index (χ4v) is 0.423. The molecule has 0 heterocycles. The van der Waals surface area contributed by atoms with Gasteiger partial charge in [-0.25, -0.2) is 0 Å². The summed E-state index contributed by atoms with van der Waals surface area (Å²) in [6.07, 6.45) is 2.06. The molecule has 0 spiro atoms. The van der Waals surface area contributed by atoms with E-state index in [9.17, 15) is 0 Å². The van der Waals surface area contributed by atoms with E-state index in [0.717, 1.165) is 6.42 Å². The monoisotopic (exact) mass is 112 g/mol. The molecule has 0 aliphatic rings. The minimum absolute atomic E-state index is 0.0417. The maximum atomic E-state index is 7.19. The molecule has 1 atom stereocenters. The molecule has 0 aliphatic heterocycles. The van der Waals surface area contributed by atoms with Crippen LogP contribution < -0.4 is 0 Å². The molecule has 0 radical (unpaired) electrons. The van der Waals surface area contributed by atoms with Gasteiger partial charge >= 0.3 is 0 Å². The van der Waals surface area contributed by atoms with Crippen molar-refractivity contribution in [3.05, 3.63) is 0 Å². The van der Waals surface area contributed by atoms with Gasteiger partial charge in [-0.3, -0.25) is 0 Å². The first-order valence-electron chi connectivity index (χ1n) is 2.80. The molecule has 2 nitrogen and oxygen atoms in total. The van der Waals surface area contributed by atoms with Crippen LogP contribution in [-0.2, 0) is 0 Å². The van der Waals surface area contributed by atoms with E-state index < -0.39 is 0 Å². The highest BCUT2D eigenvalue weighted by Gasteiger charge is 1.99. The van der Waals surface area contributed by atoms with Gasteiger partial charge in [0, 0.05) is 17.8 Å². The molecule has 1 unspecified atom stereocenters. The average Bonchev–Trinajstić information content (AvgIpc) is 1.84. The first-order valence-corrected chi connectivity index (χ1v) is 2.80. The van der Waals surface area contributed by atoms with Crippen molar-refractivity contribution < 1.29 is 0 Å². The van der Waals surface area contributed by atoms with Crippen LogP contribution in [0.5, 0.6) is 0 Å². The van der Waals surface area contributed by atoms with Crippen LogP contribution in [0, 0.1) is 16.7 Å². The number of hydrogen-bond acceptors (Lipinski definition) is 2. The van der Waals surface area contributed by atoms with Crippen molar-refractivity contribution in [1.29, 1.82) is 10.8 Å². The summed E-state index contributed by atoms with van der Waals surface area (Å²) in [6.45, 7) is 3.79. The second-order valence-electron chi connectivity index (χ2n) is 1.83. The molecule has 2 N–H and O–H groups in total. The molecule has 0 fully saturated rings. The topological polar surface area (TPSA) is 47.7 Å². The molecule has 0 saturated heterocycles. The van der Waals surface area contributed by atoms with Gasteiger partial charge < -0.3 is 10.8 Å². The van der Waals surface area contributed by atoms with Gasteiger partial charge in [-0.05, 0) is 6.42 Å². The van der Waals surface area contributed by atoms with Crippen LogP contribution >= 0.6 is 0 Å². The fourth-order valence-electron chi connectivity index (χ4n) is 0.423. The van der Waals surface area contributed by atoms with E-state index in [1.165, 1.54) is 6.21 Å². The number of rotatable bonds is 3. The van der Waals surface area contributed by atoms with Gasteiger partial charge in [0.15, 0.2) is 0 Å².